The van der Waals surface area contributed by atoms with Gasteiger partial charge in [0.25, 0.3) is 0 Å². The number of benzene rings is 1. The normalized spacial score (nSPS) is 10.4. The second-order valence-corrected chi connectivity index (χ2v) is 3.83. The molecule has 0 fully saturated rings. The van der Waals surface area contributed by atoms with Gasteiger partial charge in [-0.2, -0.15) is 5.10 Å². The Morgan fingerprint density at radius 3 is 2.88 bits per heavy atom. The van der Waals surface area contributed by atoms with E-state index in [2.05, 4.69) is 10.4 Å². The molecule has 1 heterocycles. The summed E-state index contributed by atoms with van der Waals surface area (Å²) in [4.78, 5) is 0. The average molecular weight is 240 g/mol. The number of halogens is 2. The molecule has 1 N–H and O–H groups in total. The van der Waals surface area contributed by atoms with Gasteiger partial charge in [0.1, 0.15) is 5.82 Å². The number of aryl methyl sites for hydroxylation is 1. The second kappa shape index (κ2) is 4.53. The molecule has 0 aliphatic heterocycles. The highest BCUT2D eigenvalue weighted by atomic mass is 35.5. The Morgan fingerprint density at radius 1 is 1.44 bits per heavy atom. The molecule has 0 radical (unpaired) electrons. The van der Waals surface area contributed by atoms with Crippen LogP contribution in [0, 0.1) is 5.82 Å². The Labute approximate surface area is 97.8 Å². The lowest BCUT2D eigenvalue weighted by Gasteiger charge is -2.08. The number of nitrogens with zero attached hydrogens (tertiary/aromatic N) is 2. The Balaban J connectivity index is 2.08. The zero-order valence-corrected chi connectivity index (χ0v) is 9.50. The van der Waals surface area contributed by atoms with Crippen LogP contribution < -0.4 is 5.32 Å². The van der Waals surface area contributed by atoms with Crippen LogP contribution in [0.2, 0.25) is 5.02 Å². The van der Waals surface area contributed by atoms with E-state index in [-0.39, 0.29) is 5.82 Å². The van der Waals surface area contributed by atoms with Gasteiger partial charge in [0.15, 0.2) is 0 Å². The van der Waals surface area contributed by atoms with Crippen LogP contribution in [0.5, 0.6) is 0 Å². The van der Waals surface area contributed by atoms with Gasteiger partial charge < -0.3 is 5.32 Å². The van der Waals surface area contributed by atoms with Gasteiger partial charge in [0.2, 0.25) is 0 Å². The Kier molecular flexibility index (Phi) is 3.10. The van der Waals surface area contributed by atoms with Gasteiger partial charge in [0.05, 0.1) is 22.9 Å². The van der Waals surface area contributed by atoms with E-state index >= 15 is 0 Å². The van der Waals surface area contributed by atoms with Crippen LogP contribution in [0.4, 0.5) is 10.1 Å². The fourth-order valence-electron chi connectivity index (χ4n) is 1.39. The highest BCUT2D eigenvalue weighted by Gasteiger charge is 2.03. The fourth-order valence-corrected chi connectivity index (χ4v) is 1.63. The third kappa shape index (κ3) is 2.33. The van der Waals surface area contributed by atoms with Crippen molar-refractivity contribution in [2.75, 3.05) is 5.32 Å². The molecule has 3 nitrogen and oxygen atoms in total. The molecule has 5 heteroatoms. The molecule has 0 amide bonds. The maximum absolute atomic E-state index is 12.8. The van der Waals surface area contributed by atoms with Crippen LogP contribution in [-0.4, -0.2) is 9.78 Å². The monoisotopic (exact) mass is 239 g/mol. The lowest BCUT2D eigenvalue weighted by molar-refractivity contribution is 0.628. The number of nitrogens with one attached hydrogen (secondary N) is 1. The highest BCUT2D eigenvalue weighted by Crippen LogP contribution is 2.22. The molecule has 2 rings (SSSR count). The standard InChI is InChI=1S/C11H11ClFN3/c1-16-9(4-5-15-16)7-14-11-3-2-8(13)6-10(11)12/h2-6,14H,7H2,1H3. The Bertz CT molecular complexity index is 496. The lowest BCUT2D eigenvalue weighted by atomic mass is 10.3. The number of aromatic nitrogens is 2. The molecule has 0 atom stereocenters. The van der Waals surface area contributed by atoms with Crippen LogP contribution in [0.15, 0.2) is 30.5 Å². The average Bonchev–Trinajstić information content (AvgIpc) is 2.63. The topological polar surface area (TPSA) is 29.9 Å². The van der Waals surface area contributed by atoms with Gasteiger partial charge in [-0.25, -0.2) is 4.39 Å². The van der Waals surface area contributed by atoms with Crippen LogP contribution in [0.1, 0.15) is 5.69 Å². The molecule has 1 aromatic carbocycles. The first kappa shape index (κ1) is 11.0. The SMILES string of the molecule is Cn1nccc1CNc1ccc(F)cc1Cl. The van der Waals surface area contributed by atoms with Crippen molar-refractivity contribution in [3.8, 4) is 0 Å². The third-order valence-corrected chi connectivity index (χ3v) is 2.63. The van der Waals surface area contributed by atoms with E-state index in [9.17, 15) is 4.39 Å². The van der Waals surface area contributed by atoms with Gasteiger partial charge >= 0.3 is 0 Å². The Hall–Kier alpha value is -1.55. The summed E-state index contributed by atoms with van der Waals surface area (Å²) in [6.07, 6.45) is 1.73. The highest BCUT2D eigenvalue weighted by molar-refractivity contribution is 6.33. The van der Waals surface area contributed by atoms with E-state index in [0.717, 1.165) is 5.69 Å². The molecule has 2 aromatic rings. The summed E-state index contributed by atoms with van der Waals surface area (Å²) in [7, 11) is 1.86. The quantitative estimate of drug-likeness (QED) is 0.893. The summed E-state index contributed by atoms with van der Waals surface area (Å²) in [5.74, 6) is -0.337. The van der Waals surface area contributed by atoms with Gasteiger partial charge in [-0.15, -0.1) is 0 Å². The number of anilines is 1. The van der Waals surface area contributed by atoms with Gasteiger partial charge in [-0.05, 0) is 24.3 Å². The largest absolute Gasteiger partial charge is 0.378 e. The van der Waals surface area contributed by atoms with E-state index in [0.29, 0.717) is 17.3 Å². The maximum Gasteiger partial charge on any atom is 0.124 e. The van der Waals surface area contributed by atoms with E-state index in [1.165, 1.54) is 12.1 Å². The number of hydrogen-bond acceptors (Lipinski definition) is 2. The summed E-state index contributed by atoms with van der Waals surface area (Å²) >= 11 is 5.88. The van der Waals surface area contributed by atoms with Crippen LogP contribution in [0.3, 0.4) is 0 Å². The zero-order chi connectivity index (χ0) is 11.5. The van der Waals surface area contributed by atoms with E-state index in [1.54, 1.807) is 16.9 Å². The molecule has 0 aliphatic rings. The molecule has 0 spiro atoms. The minimum atomic E-state index is -0.337. The number of rotatable bonds is 3. The predicted molar refractivity (Wildman–Crippen MR) is 61.9 cm³/mol. The number of hydrogen-bond donors (Lipinski definition) is 1. The molecular formula is C11H11ClFN3. The fraction of sp³-hybridized carbons (Fsp3) is 0.182. The molecule has 0 saturated carbocycles. The molecule has 0 aliphatic carbocycles. The van der Waals surface area contributed by atoms with E-state index in [1.807, 2.05) is 13.1 Å². The van der Waals surface area contributed by atoms with Gasteiger partial charge in [0, 0.05) is 13.2 Å². The Morgan fingerprint density at radius 2 is 2.25 bits per heavy atom. The molecule has 0 unspecified atom stereocenters. The first-order valence-corrected chi connectivity index (χ1v) is 5.20. The summed E-state index contributed by atoms with van der Waals surface area (Å²) in [6.45, 7) is 0.599. The maximum atomic E-state index is 12.8. The second-order valence-electron chi connectivity index (χ2n) is 3.42. The van der Waals surface area contributed by atoms with Crippen molar-refractivity contribution in [1.29, 1.82) is 0 Å². The molecular weight excluding hydrogens is 229 g/mol. The molecule has 16 heavy (non-hydrogen) atoms. The minimum absolute atomic E-state index is 0.337. The molecule has 1 aromatic heterocycles. The van der Waals surface area contributed by atoms with E-state index < -0.39 is 0 Å². The zero-order valence-electron chi connectivity index (χ0n) is 8.74. The van der Waals surface area contributed by atoms with Crippen LogP contribution in [0.25, 0.3) is 0 Å². The van der Waals surface area contributed by atoms with Crippen molar-refractivity contribution in [3.63, 3.8) is 0 Å². The smallest absolute Gasteiger partial charge is 0.124 e. The lowest BCUT2D eigenvalue weighted by Crippen LogP contribution is -2.05. The van der Waals surface area contributed by atoms with Crippen molar-refractivity contribution < 1.29 is 4.39 Å². The summed E-state index contributed by atoms with van der Waals surface area (Å²) in [6, 6.07) is 6.18. The van der Waals surface area contributed by atoms with Crippen molar-refractivity contribution in [2.24, 2.45) is 7.05 Å². The van der Waals surface area contributed by atoms with Crippen LogP contribution >= 0.6 is 11.6 Å². The van der Waals surface area contributed by atoms with E-state index in [4.69, 9.17) is 11.6 Å². The first-order valence-electron chi connectivity index (χ1n) is 4.82. The minimum Gasteiger partial charge on any atom is -0.378 e. The van der Waals surface area contributed by atoms with Gasteiger partial charge in [-0.1, -0.05) is 11.6 Å². The first-order chi connectivity index (χ1) is 7.66. The molecule has 0 saturated heterocycles. The predicted octanol–water partition coefficient (Wildman–Crippen LogP) is 2.82. The molecule has 0 bridgehead atoms. The van der Waals surface area contributed by atoms with Crippen molar-refractivity contribution >= 4 is 17.3 Å². The third-order valence-electron chi connectivity index (χ3n) is 2.31. The van der Waals surface area contributed by atoms with Crippen molar-refractivity contribution in [1.82, 2.24) is 9.78 Å². The van der Waals surface area contributed by atoms with Crippen molar-refractivity contribution in [3.05, 3.63) is 47.0 Å². The molecule has 84 valence electrons. The van der Waals surface area contributed by atoms with Gasteiger partial charge in [-0.3, -0.25) is 4.68 Å². The summed E-state index contributed by atoms with van der Waals surface area (Å²) in [5, 5.41) is 7.55. The van der Waals surface area contributed by atoms with Crippen molar-refractivity contribution in [2.45, 2.75) is 6.54 Å². The van der Waals surface area contributed by atoms with Crippen LogP contribution in [-0.2, 0) is 13.6 Å². The summed E-state index contributed by atoms with van der Waals surface area (Å²) in [5.41, 5.74) is 1.74. The summed E-state index contributed by atoms with van der Waals surface area (Å²) < 4.78 is 14.6.